The number of fused-ring (bicyclic) bond motifs is 3. The van der Waals surface area contributed by atoms with Crippen molar-refractivity contribution < 1.29 is 14.7 Å². The maximum atomic E-state index is 13.1. The maximum Gasteiger partial charge on any atom is 0.255 e. The zero-order chi connectivity index (χ0) is 18.4. The number of hydrogen-bond acceptors (Lipinski definition) is 5. The molecule has 0 radical (unpaired) electrons. The first-order chi connectivity index (χ1) is 11.7. The van der Waals surface area contributed by atoms with E-state index in [-0.39, 0.29) is 34.4 Å². The van der Waals surface area contributed by atoms with Crippen LogP contribution in [0.3, 0.4) is 0 Å². The summed E-state index contributed by atoms with van der Waals surface area (Å²) in [5.74, 6) is -0.0665. The highest BCUT2D eigenvalue weighted by Gasteiger charge is 2.47. The van der Waals surface area contributed by atoms with Gasteiger partial charge in [-0.3, -0.25) is 13.9 Å². The molecule has 3 rings (SSSR count). The van der Waals surface area contributed by atoms with Gasteiger partial charge in [0.05, 0.1) is 12.1 Å². The van der Waals surface area contributed by atoms with Gasteiger partial charge in [-0.05, 0) is 69.4 Å². The number of carbonyl (C=O) groups excluding carboxylic acids is 2. The Morgan fingerprint density at radius 2 is 2.16 bits per heavy atom. The molecule has 0 aromatic heterocycles. The summed E-state index contributed by atoms with van der Waals surface area (Å²) in [6.07, 6.45) is 1.25. The van der Waals surface area contributed by atoms with Gasteiger partial charge in [0, 0.05) is 11.2 Å². The number of hydrogen-bond donors (Lipinski definition) is 3. The molecule has 6 nitrogen and oxygen atoms in total. The molecule has 1 aromatic rings. The third-order valence-corrected chi connectivity index (χ3v) is 6.18. The monoisotopic (exact) mass is 363 g/mol. The van der Waals surface area contributed by atoms with Crippen LogP contribution in [0.25, 0.3) is 0 Å². The third-order valence-electron chi connectivity index (χ3n) is 4.88. The Morgan fingerprint density at radius 1 is 1.44 bits per heavy atom. The molecule has 2 heterocycles. The Balaban J connectivity index is 1.97. The number of phenolic OH excluding ortho intramolecular Hbond substituents is 1. The van der Waals surface area contributed by atoms with Gasteiger partial charge < -0.3 is 15.7 Å². The first-order valence-corrected chi connectivity index (χ1v) is 9.31. The van der Waals surface area contributed by atoms with Crippen molar-refractivity contribution >= 4 is 23.8 Å². The molecule has 136 valence electrons. The van der Waals surface area contributed by atoms with Crippen LogP contribution in [0.15, 0.2) is 18.2 Å². The number of nitrogens with one attached hydrogen (secondary N) is 2. The molecule has 7 heteroatoms. The summed E-state index contributed by atoms with van der Waals surface area (Å²) in [7, 11) is 1.71. The average molecular weight is 363 g/mol. The number of rotatable bonds is 3. The van der Waals surface area contributed by atoms with Gasteiger partial charge in [0.15, 0.2) is 0 Å². The molecule has 0 spiro atoms. The van der Waals surface area contributed by atoms with Crippen molar-refractivity contribution in [3.05, 3.63) is 29.3 Å². The largest absolute Gasteiger partial charge is 0.508 e. The molecule has 1 saturated heterocycles. The molecular weight excluding hydrogens is 338 g/mol. The molecule has 25 heavy (non-hydrogen) atoms. The van der Waals surface area contributed by atoms with E-state index in [9.17, 15) is 14.7 Å². The third kappa shape index (κ3) is 3.48. The van der Waals surface area contributed by atoms with E-state index in [1.165, 1.54) is 11.9 Å². The Morgan fingerprint density at radius 3 is 2.84 bits per heavy atom. The van der Waals surface area contributed by atoms with Crippen LogP contribution in [0.1, 0.15) is 44.4 Å². The zero-order valence-corrected chi connectivity index (χ0v) is 15.8. The second-order valence-electron chi connectivity index (χ2n) is 7.39. The number of carbonyl (C=O) groups is 2. The number of aromatic hydroxyl groups is 1. The van der Waals surface area contributed by atoms with E-state index in [2.05, 4.69) is 24.5 Å². The minimum atomic E-state index is -0.599. The summed E-state index contributed by atoms with van der Waals surface area (Å²) >= 11 is 1.52. The molecule has 3 atom stereocenters. The van der Waals surface area contributed by atoms with Crippen LogP contribution < -0.4 is 10.6 Å². The normalized spacial score (nSPS) is 25.8. The number of nitrogens with zero attached hydrogens (tertiary/aromatic N) is 1. The van der Waals surface area contributed by atoms with Crippen LogP contribution in [0.5, 0.6) is 5.75 Å². The van der Waals surface area contributed by atoms with E-state index in [4.69, 9.17) is 0 Å². The van der Waals surface area contributed by atoms with E-state index < -0.39 is 6.04 Å². The fourth-order valence-electron chi connectivity index (χ4n) is 3.43. The van der Waals surface area contributed by atoms with Crippen molar-refractivity contribution in [1.82, 2.24) is 14.9 Å². The minimum absolute atomic E-state index is 0.0760. The summed E-state index contributed by atoms with van der Waals surface area (Å²) in [6.45, 7) is 5.98. The summed E-state index contributed by atoms with van der Waals surface area (Å²) < 4.78 is 1.72. The van der Waals surface area contributed by atoms with Gasteiger partial charge in [0.2, 0.25) is 5.91 Å². The van der Waals surface area contributed by atoms with E-state index in [0.29, 0.717) is 6.42 Å². The molecule has 2 aliphatic heterocycles. The molecular formula is C18H25N3O3S. The predicted molar refractivity (Wildman–Crippen MR) is 98.1 cm³/mol. The summed E-state index contributed by atoms with van der Waals surface area (Å²) in [5.41, 5.74) is 1.98. The Kier molecular flexibility index (Phi) is 4.72. The van der Waals surface area contributed by atoms with Crippen molar-refractivity contribution in [2.75, 3.05) is 7.05 Å². The second-order valence-corrected chi connectivity index (χ2v) is 9.07. The first-order valence-electron chi connectivity index (χ1n) is 8.53. The fraction of sp³-hybridized carbons (Fsp3) is 0.556. The summed E-state index contributed by atoms with van der Waals surface area (Å²) in [5, 5.41) is 15.7. The van der Waals surface area contributed by atoms with Crippen molar-refractivity contribution in [3.8, 4) is 5.75 Å². The molecule has 2 aliphatic rings. The van der Waals surface area contributed by atoms with E-state index in [1.54, 1.807) is 30.4 Å². The highest BCUT2D eigenvalue weighted by atomic mass is 32.2. The van der Waals surface area contributed by atoms with Crippen LogP contribution in [0, 0.1) is 0 Å². The topological polar surface area (TPSA) is 81.7 Å². The zero-order valence-electron chi connectivity index (χ0n) is 15.0. The molecule has 3 N–H and O–H groups in total. The van der Waals surface area contributed by atoms with Gasteiger partial charge in [-0.2, -0.15) is 0 Å². The van der Waals surface area contributed by atoms with Gasteiger partial charge >= 0.3 is 0 Å². The Labute approximate surface area is 152 Å². The lowest BCUT2D eigenvalue weighted by Gasteiger charge is -2.25. The van der Waals surface area contributed by atoms with Crippen LogP contribution in [0.2, 0.25) is 0 Å². The average Bonchev–Trinajstić information content (AvgIpc) is 2.85. The van der Waals surface area contributed by atoms with Crippen molar-refractivity contribution in [1.29, 1.82) is 0 Å². The highest BCUT2D eigenvalue weighted by molar-refractivity contribution is 7.99. The molecule has 1 aromatic carbocycles. The second kappa shape index (κ2) is 6.53. The number of likely N-dealkylation sites (N-methyl/N-ethyl adjacent to an activating group) is 1. The number of amides is 2. The first kappa shape index (κ1) is 18.1. The SMILES string of the molecule is CN[C@@H](C)C(=O)N[C@H]1Cc2ccc(O)cc2[C@H]2CC(C)(C)SN2C1=O. The molecule has 0 aliphatic carbocycles. The number of benzene rings is 1. The molecule has 0 saturated carbocycles. The lowest BCUT2D eigenvalue weighted by Crippen LogP contribution is -2.51. The van der Waals surface area contributed by atoms with Crippen LogP contribution in [0.4, 0.5) is 0 Å². The molecule has 1 fully saturated rings. The fourth-order valence-corrected chi connectivity index (χ4v) is 4.73. The quantitative estimate of drug-likeness (QED) is 0.713. The van der Waals surface area contributed by atoms with Gasteiger partial charge in [-0.25, -0.2) is 0 Å². The molecule has 0 unspecified atom stereocenters. The Bertz CT molecular complexity index is 707. The summed E-state index contributed by atoms with van der Waals surface area (Å²) in [4.78, 5) is 25.4. The minimum Gasteiger partial charge on any atom is -0.508 e. The van der Waals surface area contributed by atoms with E-state index in [0.717, 1.165) is 17.5 Å². The van der Waals surface area contributed by atoms with Gasteiger partial charge in [-0.15, -0.1) is 0 Å². The maximum absolute atomic E-state index is 13.1. The number of phenols is 1. The van der Waals surface area contributed by atoms with Crippen LogP contribution >= 0.6 is 11.9 Å². The smallest absolute Gasteiger partial charge is 0.255 e. The van der Waals surface area contributed by atoms with Crippen LogP contribution in [-0.4, -0.2) is 45.1 Å². The van der Waals surface area contributed by atoms with Gasteiger partial charge in [-0.1, -0.05) is 6.07 Å². The van der Waals surface area contributed by atoms with Crippen molar-refractivity contribution in [2.24, 2.45) is 0 Å². The lowest BCUT2D eigenvalue weighted by atomic mass is 9.92. The van der Waals surface area contributed by atoms with Crippen LogP contribution in [-0.2, 0) is 16.0 Å². The van der Waals surface area contributed by atoms with E-state index in [1.807, 2.05) is 6.07 Å². The lowest BCUT2D eigenvalue weighted by molar-refractivity contribution is -0.133. The van der Waals surface area contributed by atoms with E-state index >= 15 is 0 Å². The molecule has 0 bridgehead atoms. The van der Waals surface area contributed by atoms with Crippen molar-refractivity contribution in [2.45, 2.75) is 56.5 Å². The summed E-state index contributed by atoms with van der Waals surface area (Å²) in [6, 6.07) is 4.20. The molecule has 2 amide bonds. The standard InChI is InChI=1S/C18H25N3O3S/c1-10(19-4)16(23)20-14-7-11-5-6-12(22)8-13(11)15-9-18(2,3)25-21(15)17(14)24/h5-6,8,10,14-15,19,22H,7,9H2,1-4H3,(H,20,23)/t10-,14-,15+/m0/s1. The van der Waals surface area contributed by atoms with Crippen molar-refractivity contribution in [3.63, 3.8) is 0 Å². The van der Waals surface area contributed by atoms with Gasteiger partial charge in [0.1, 0.15) is 11.8 Å². The Hall–Kier alpha value is -1.73. The predicted octanol–water partition coefficient (Wildman–Crippen LogP) is 1.74. The highest BCUT2D eigenvalue weighted by Crippen LogP contribution is 2.52. The van der Waals surface area contributed by atoms with Gasteiger partial charge in [0.25, 0.3) is 5.91 Å².